The Morgan fingerprint density at radius 2 is 1.54 bits per heavy atom. The fourth-order valence-electron chi connectivity index (χ4n) is 2.19. The van der Waals surface area contributed by atoms with Crippen LogP contribution in [-0.4, -0.2) is 20.2 Å². The molecule has 0 aliphatic rings. The van der Waals surface area contributed by atoms with E-state index in [9.17, 15) is 22.4 Å². The lowest BCUT2D eigenvalue weighted by Crippen LogP contribution is -2.41. The van der Waals surface area contributed by atoms with Gasteiger partial charge < -0.3 is 0 Å². The monoisotopic (exact) mass is 419 g/mol. The van der Waals surface area contributed by atoms with E-state index in [-0.39, 0.29) is 16.1 Å². The maximum absolute atomic E-state index is 13.6. The molecule has 28 heavy (non-hydrogen) atoms. The molecular formula is C18H14FN3O4S2. The molecule has 3 N–H and O–H groups in total. The van der Waals surface area contributed by atoms with E-state index in [1.807, 2.05) is 0 Å². The van der Waals surface area contributed by atoms with E-state index < -0.39 is 27.7 Å². The normalized spacial score (nSPS) is 10.9. The molecule has 0 aliphatic heterocycles. The highest BCUT2D eigenvalue weighted by molar-refractivity contribution is 7.92. The van der Waals surface area contributed by atoms with E-state index in [0.29, 0.717) is 4.88 Å². The topological polar surface area (TPSA) is 104 Å². The van der Waals surface area contributed by atoms with Gasteiger partial charge in [0.25, 0.3) is 21.8 Å². The Morgan fingerprint density at radius 3 is 2.18 bits per heavy atom. The van der Waals surface area contributed by atoms with Crippen LogP contribution in [0.15, 0.2) is 70.9 Å². The minimum atomic E-state index is -4.02. The molecule has 0 saturated carbocycles. The van der Waals surface area contributed by atoms with Crippen molar-refractivity contribution in [3.05, 3.63) is 82.3 Å². The molecule has 1 heterocycles. The molecule has 1 aromatic heterocycles. The van der Waals surface area contributed by atoms with Crippen LogP contribution in [0, 0.1) is 5.82 Å². The van der Waals surface area contributed by atoms with Crippen LogP contribution in [0.3, 0.4) is 0 Å². The second-order valence-corrected chi connectivity index (χ2v) is 8.13. The summed E-state index contributed by atoms with van der Waals surface area (Å²) in [5, 5.41) is 1.73. The molecule has 0 radical (unpaired) electrons. The number of nitrogens with one attached hydrogen (secondary N) is 3. The summed E-state index contributed by atoms with van der Waals surface area (Å²) in [6.07, 6.45) is 0. The summed E-state index contributed by atoms with van der Waals surface area (Å²) in [7, 11) is -4.02. The fourth-order valence-corrected chi connectivity index (χ4v) is 3.87. The van der Waals surface area contributed by atoms with Gasteiger partial charge in [0.15, 0.2) is 0 Å². The van der Waals surface area contributed by atoms with Crippen LogP contribution in [0.5, 0.6) is 0 Å². The van der Waals surface area contributed by atoms with Gasteiger partial charge in [0.1, 0.15) is 5.82 Å². The summed E-state index contributed by atoms with van der Waals surface area (Å²) < 4.78 is 40.5. The van der Waals surface area contributed by atoms with Crippen molar-refractivity contribution in [3.8, 4) is 0 Å². The number of carbonyl (C=O) groups excluding carboxylic acids is 2. The Morgan fingerprint density at radius 1 is 0.857 bits per heavy atom. The van der Waals surface area contributed by atoms with Crippen LogP contribution in [0.2, 0.25) is 0 Å². The molecule has 0 spiro atoms. The zero-order valence-corrected chi connectivity index (χ0v) is 15.8. The molecule has 0 saturated heterocycles. The number of rotatable bonds is 5. The SMILES string of the molecule is O=C(NNC(=O)c1cccs1)c1ccc(S(=O)(=O)Nc2ccccc2F)cc1. The minimum absolute atomic E-state index is 0.135. The summed E-state index contributed by atoms with van der Waals surface area (Å²) in [5.41, 5.74) is 4.47. The molecule has 144 valence electrons. The highest BCUT2D eigenvalue weighted by Gasteiger charge is 2.17. The first-order valence-electron chi connectivity index (χ1n) is 7.88. The summed E-state index contributed by atoms with van der Waals surface area (Å²) in [6.45, 7) is 0. The molecule has 2 aromatic carbocycles. The molecule has 0 atom stereocenters. The van der Waals surface area contributed by atoms with Gasteiger partial charge in [-0.3, -0.25) is 25.2 Å². The fraction of sp³-hybridized carbons (Fsp3) is 0. The quantitative estimate of drug-likeness (QED) is 0.553. The van der Waals surface area contributed by atoms with E-state index in [2.05, 4.69) is 15.6 Å². The van der Waals surface area contributed by atoms with Crippen molar-refractivity contribution in [3.63, 3.8) is 0 Å². The lowest BCUT2D eigenvalue weighted by atomic mass is 10.2. The Hall–Kier alpha value is -3.24. The number of hydrogen-bond acceptors (Lipinski definition) is 5. The van der Waals surface area contributed by atoms with Crippen LogP contribution < -0.4 is 15.6 Å². The predicted octanol–water partition coefficient (Wildman–Crippen LogP) is 2.76. The molecule has 3 rings (SSSR count). The number of thiophene rings is 1. The maximum atomic E-state index is 13.6. The maximum Gasteiger partial charge on any atom is 0.279 e. The van der Waals surface area contributed by atoms with Gasteiger partial charge in [0.2, 0.25) is 0 Å². The molecule has 10 heteroatoms. The van der Waals surface area contributed by atoms with Gasteiger partial charge in [-0.15, -0.1) is 11.3 Å². The van der Waals surface area contributed by atoms with E-state index in [4.69, 9.17) is 0 Å². The van der Waals surface area contributed by atoms with E-state index in [1.54, 1.807) is 17.5 Å². The van der Waals surface area contributed by atoms with Gasteiger partial charge >= 0.3 is 0 Å². The highest BCUT2D eigenvalue weighted by atomic mass is 32.2. The molecule has 3 aromatic rings. The average molecular weight is 419 g/mol. The van der Waals surface area contributed by atoms with Crippen LogP contribution in [0.4, 0.5) is 10.1 Å². The lowest BCUT2D eigenvalue weighted by molar-refractivity contribution is 0.0849. The Bertz CT molecular complexity index is 1100. The van der Waals surface area contributed by atoms with Crippen molar-refractivity contribution in [2.75, 3.05) is 4.72 Å². The Balaban J connectivity index is 1.66. The summed E-state index contributed by atoms with van der Waals surface area (Å²) in [4.78, 5) is 24.2. The van der Waals surface area contributed by atoms with Crippen molar-refractivity contribution in [1.82, 2.24) is 10.9 Å². The number of halogens is 1. The van der Waals surface area contributed by atoms with Crippen molar-refractivity contribution < 1.29 is 22.4 Å². The molecule has 0 fully saturated rings. The number of carbonyl (C=O) groups is 2. The number of anilines is 1. The first-order chi connectivity index (χ1) is 13.4. The van der Waals surface area contributed by atoms with Gasteiger partial charge in [0.05, 0.1) is 15.5 Å². The Kier molecular flexibility index (Phi) is 5.71. The molecule has 0 unspecified atom stereocenters. The molecule has 0 aliphatic carbocycles. The number of hydrogen-bond donors (Lipinski definition) is 3. The van der Waals surface area contributed by atoms with Crippen LogP contribution in [-0.2, 0) is 10.0 Å². The zero-order chi connectivity index (χ0) is 20.1. The molecule has 7 nitrogen and oxygen atoms in total. The third-order valence-corrected chi connectivity index (χ3v) is 5.83. The number of hydrazine groups is 1. The van der Waals surface area contributed by atoms with Crippen LogP contribution >= 0.6 is 11.3 Å². The van der Waals surface area contributed by atoms with Crippen LogP contribution in [0.25, 0.3) is 0 Å². The van der Waals surface area contributed by atoms with Gasteiger partial charge in [-0.25, -0.2) is 12.8 Å². The van der Waals surface area contributed by atoms with E-state index >= 15 is 0 Å². The van der Waals surface area contributed by atoms with Gasteiger partial charge in [0, 0.05) is 5.56 Å². The van der Waals surface area contributed by atoms with E-state index in [1.165, 1.54) is 53.8 Å². The second kappa shape index (κ2) is 8.19. The van der Waals surface area contributed by atoms with Crippen molar-refractivity contribution >= 4 is 38.9 Å². The lowest BCUT2D eigenvalue weighted by Gasteiger charge is -2.10. The van der Waals surface area contributed by atoms with Gasteiger partial charge in [-0.05, 0) is 47.8 Å². The number of benzene rings is 2. The number of amides is 2. The second-order valence-electron chi connectivity index (χ2n) is 5.50. The first-order valence-corrected chi connectivity index (χ1v) is 10.2. The minimum Gasteiger partial charge on any atom is -0.277 e. The number of sulfonamides is 1. The zero-order valence-electron chi connectivity index (χ0n) is 14.2. The van der Waals surface area contributed by atoms with Crippen molar-refractivity contribution in [1.29, 1.82) is 0 Å². The number of para-hydroxylation sites is 1. The van der Waals surface area contributed by atoms with Crippen LogP contribution in [0.1, 0.15) is 20.0 Å². The smallest absolute Gasteiger partial charge is 0.277 e. The predicted molar refractivity (Wildman–Crippen MR) is 103 cm³/mol. The molecule has 0 bridgehead atoms. The first kappa shape index (κ1) is 19.5. The summed E-state index contributed by atoms with van der Waals surface area (Å²) in [6, 6.07) is 13.7. The van der Waals surface area contributed by atoms with E-state index in [0.717, 1.165) is 6.07 Å². The Labute approximate surface area is 164 Å². The largest absolute Gasteiger partial charge is 0.279 e. The molecule has 2 amide bonds. The standard InChI is InChI=1S/C18H14FN3O4S2/c19-14-4-1-2-5-15(14)22-28(25,26)13-9-7-12(8-10-13)17(23)20-21-18(24)16-6-3-11-27-16/h1-11,22H,(H,20,23)(H,21,24). The molecular weight excluding hydrogens is 405 g/mol. The highest BCUT2D eigenvalue weighted by Crippen LogP contribution is 2.19. The van der Waals surface area contributed by atoms with Crippen molar-refractivity contribution in [2.45, 2.75) is 4.90 Å². The average Bonchev–Trinajstić information content (AvgIpc) is 3.22. The van der Waals surface area contributed by atoms with Gasteiger partial charge in [-0.2, -0.15) is 0 Å². The third kappa shape index (κ3) is 4.53. The summed E-state index contributed by atoms with van der Waals surface area (Å²) in [5.74, 6) is -1.78. The summed E-state index contributed by atoms with van der Waals surface area (Å²) >= 11 is 1.22. The third-order valence-electron chi connectivity index (χ3n) is 3.58. The van der Waals surface area contributed by atoms with Crippen molar-refractivity contribution in [2.24, 2.45) is 0 Å². The van der Waals surface area contributed by atoms with Gasteiger partial charge in [-0.1, -0.05) is 18.2 Å².